The minimum Gasteiger partial charge on any atom is -0.507 e. The van der Waals surface area contributed by atoms with Crippen LogP contribution < -0.4 is 14.4 Å². The molecule has 0 saturated carbocycles. The Morgan fingerprint density at radius 1 is 0.919 bits per heavy atom. The Hall–Kier alpha value is -4.06. The number of ether oxygens (including phenoxy) is 2. The monoisotopic (exact) mass is 499 g/mol. The molecular formula is C31H33NO5. The molecule has 1 saturated heterocycles. The van der Waals surface area contributed by atoms with Crippen molar-refractivity contribution in [1.82, 2.24) is 0 Å². The second-order valence-corrected chi connectivity index (χ2v) is 10.3. The Kier molecular flexibility index (Phi) is 6.87. The second kappa shape index (κ2) is 9.77. The predicted octanol–water partition coefficient (Wildman–Crippen LogP) is 6.24. The van der Waals surface area contributed by atoms with Crippen LogP contribution in [-0.2, 0) is 15.0 Å². The van der Waals surface area contributed by atoms with Crippen LogP contribution in [0.25, 0.3) is 5.76 Å². The van der Waals surface area contributed by atoms with Gasteiger partial charge in [-0.3, -0.25) is 14.5 Å². The maximum absolute atomic E-state index is 13.6. The van der Waals surface area contributed by atoms with Crippen LogP contribution >= 0.6 is 0 Å². The van der Waals surface area contributed by atoms with Crippen molar-refractivity contribution in [2.75, 3.05) is 19.1 Å². The highest BCUT2D eigenvalue weighted by molar-refractivity contribution is 6.51. The second-order valence-electron chi connectivity index (χ2n) is 10.3. The number of carbonyl (C=O) groups excluding carboxylic acids is 2. The maximum atomic E-state index is 13.6. The van der Waals surface area contributed by atoms with Crippen molar-refractivity contribution in [3.8, 4) is 11.5 Å². The van der Waals surface area contributed by atoms with E-state index >= 15 is 0 Å². The molecule has 0 radical (unpaired) electrons. The van der Waals surface area contributed by atoms with Crippen molar-refractivity contribution in [3.63, 3.8) is 0 Å². The third-order valence-electron chi connectivity index (χ3n) is 7.03. The minimum atomic E-state index is -0.839. The maximum Gasteiger partial charge on any atom is 0.300 e. The molecule has 37 heavy (non-hydrogen) atoms. The van der Waals surface area contributed by atoms with Crippen molar-refractivity contribution in [1.29, 1.82) is 0 Å². The van der Waals surface area contributed by atoms with E-state index in [1.807, 2.05) is 56.3 Å². The fraction of sp³-hybridized carbons (Fsp3) is 0.290. The molecule has 1 heterocycles. The molecule has 1 N–H and O–H groups in total. The Morgan fingerprint density at radius 2 is 1.59 bits per heavy atom. The molecule has 1 fully saturated rings. The number of carbonyl (C=O) groups is 2. The summed E-state index contributed by atoms with van der Waals surface area (Å²) in [7, 11) is 3.09. The van der Waals surface area contributed by atoms with Gasteiger partial charge in [-0.1, -0.05) is 51.1 Å². The Labute approximate surface area is 218 Å². The number of aryl methyl sites for hydroxylation is 1. The van der Waals surface area contributed by atoms with Crippen LogP contribution in [0.2, 0.25) is 0 Å². The number of Topliss-reactive ketones (excluding diaryl/α,β-unsaturated/α-hetero) is 1. The molecule has 3 aromatic carbocycles. The van der Waals surface area contributed by atoms with Crippen LogP contribution in [0.1, 0.15) is 54.6 Å². The lowest BCUT2D eigenvalue weighted by atomic mass is 9.85. The van der Waals surface area contributed by atoms with Gasteiger partial charge in [0, 0.05) is 5.69 Å². The Morgan fingerprint density at radius 3 is 2.19 bits per heavy atom. The van der Waals surface area contributed by atoms with Gasteiger partial charge in [0.05, 0.1) is 31.4 Å². The molecule has 6 nitrogen and oxygen atoms in total. The SMILES string of the molecule is COc1ccc(C2/C(=C(\O)c3cc(C(C)(C)C)ccc3OC)C(=O)C(=O)N2c2cccc(C)c2C)cc1. The fourth-order valence-corrected chi connectivity index (χ4v) is 4.68. The van der Waals surface area contributed by atoms with Crippen molar-refractivity contribution < 1.29 is 24.2 Å². The number of methoxy groups -OCH3 is 2. The van der Waals surface area contributed by atoms with Crippen LogP contribution in [0.3, 0.4) is 0 Å². The normalized spacial score (nSPS) is 17.3. The fourth-order valence-electron chi connectivity index (χ4n) is 4.68. The number of aliphatic hydroxyl groups is 1. The summed E-state index contributed by atoms with van der Waals surface area (Å²) >= 11 is 0. The van der Waals surface area contributed by atoms with E-state index < -0.39 is 17.7 Å². The first-order valence-electron chi connectivity index (χ1n) is 12.2. The number of aliphatic hydroxyl groups excluding tert-OH is 1. The van der Waals surface area contributed by atoms with E-state index in [1.165, 1.54) is 12.0 Å². The van der Waals surface area contributed by atoms with Crippen LogP contribution in [-0.4, -0.2) is 31.0 Å². The van der Waals surface area contributed by atoms with Crippen molar-refractivity contribution >= 4 is 23.1 Å². The summed E-state index contributed by atoms with van der Waals surface area (Å²) in [5.41, 5.74) is 4.31. The van der Waals surface area contributed by atoms with Crippen molar-refractivity contribution in [2.45, 2.75) is 46.1 Å². The summed E-state index contributed by atoms with van der Waals surface area (Å²) in [5.74, 6) is -0.650. The molecule has 1 aliphatic rings. The number of ketones is 1. The summed E-state index contributed by atoms with van der Waals surface area (Å²) in [6.07, 6.45) is 0. The molecule has 0 aliphatic carbocycles. The summed E-state index contributed by atoms with van der Waals surface area (Å²) in [6.45, 7) is 10.1. The number of amides is 1. The molecule has 3 aromatic rings. The quantitative estimate of drug-likeness (QED) is 0.255. The van der Waals surface area contributed by atoms with Gasteiger partial charge >= 0.3 is 0 Å². The lowest BCUT2D eigenvalue weighted by molar-refractivity contribution is -0.132. The van der Waals surface area contributed by atoms with Gasteiger partial charge in [-0.05, 0) is 71.8 Å². The van der Waals surface area contributed by atoms with Gasteiger partial charge in [0.25, 0.3) is 11.7 Å². The summed E-state index contributed by atoms with van der Waals surface area (Å²) in [5, 5.41) is 11.7. The number of nitrogens with zero attached hydrogens (tertiary/aromatic N) is 1. The van der Waals surface area contributed by atoms with E-state index in [-0.39, 0.29) is 16.7 Å². The first kappa shape index (κ1) is 26.0. The van der Waals surface area contributed by atoms with Crippen LogP contribution in [0.5, 0.6) is 11.5 Å². The molecular weight excluding hydrogens is 466 g/mol. The highest BCUT2D eigenvalue weighted by Crippen LogP contribution is 2.45. The van der Waals surface area contributed by atoms with Gasteiger partial charge in [0.2, 0.25) is 0 Å². The zero-order valence-corrected chi connectivity index (χ0v) is 22.4. The Balaban J connectivity index is 2.02. The third kappa shape index (κ3) is 4.59. The molecule has 0 aromatic heterocycles. The lowest BCUT2D eigenvalue weighted by Crippen LogP contribution is -2.30. The third-order valence-corrected chi connectivity index (χ3v) is 7.03. The number of rotatable bonds is 5. The smallest absolute Gasteiger partial charge is 0.300 e. The average Bonchev–Trinajstić information content (AvgIpc) is 3.14. The van der Waals surface area contributed by atoms with E-state index in [4.69, 9.17) is 9.47 Å². The Bertz CT molecular complexity index is 1400. The van der Waals surface area contributed by atoms with Crippen LogP contribution in [0.4, 0.5) is 5.69 Å². The lowest BCUT2D eigenvalue weighted by Gasteiger charge is -2.27. The molecule has 0 spiro atoms. The van der Waals surface area contributed by atoms with Gasteiger partial charge in [0.1, 0.15) is 17.3 Å². The average molecular weight is 500 g/mol. The number of benzene rings is 3. The van der Waals surface area contributed by atoms with E-state index in [2.05, 4.69) is 20.8 Å². The molecule has 1 unspecified atom stereocenters. The topological polar surface area (TPSA) is 76.1 Å². The van der Waals surface area contributed by atoms with Gasteiger partial charge < -0.3 is 14.6 Å². The van der Waals surface area contributed by atoms with Crippen LogP contribution in [0.15, 0.2) is 66.2 Å². The molecule has 1 atom stereocenters. The van der Waals surface area contributed by atoms with Gasteiger partial charge in [-0.15, -0.1) is 0 Å². The predicted molar refractivity (Wildman–Crippen MR) is 145 cm³/mol. The standard InChI is InChI=1S/C31H33NO5/c1-18-9-8-10-24(19(18)2)32-27(20-11-14-22(36-6)15-12-20)26(29(34)30(32)35)28(33)23-17-21(31(3,4)5)13-16-25(23)37-7/h8-17,27,33H,1-7H3/b28-26+. The van der Waals surface area contributed by atoms with Gasteiger partial charge in [0.15, 0.2) is 0 Å². The van der Waals surface area contributed by atoms with Crippen molar-refractivity contribution in [2.24, 2.45) is 0 Å². The zero-order chi connectivity index (χ0) is 27.1. The van der Waals surface area contributed by atoms with E-state index in [0.29, 0.717) is 28.3 Å². The summed E-state index contributed by atoms with van der Waals surface area (Å²) in [6, 6.07) is 17.5. The highest BCUT2D eigenvalue weighted by atomic mass is 16.5. The minimum absolute atomic E-state index is 0.0143. The largest absolute Gasteiger partial charge is 0.507 e. The van der Waals surface area contributed by atoms with Gasteiger partial charge in [-0.2, -0.15) is 0 Å². The van der Waals surface area contributed by atoms with E-state index in [9.17, 15) is 14.7 Å². The molecule has 0 bridgehead atoms. The molecule has 1 amide bonds. The zero-order valence-electron chi connectivity index (χ0n) is 22.4. The number of anilines is 1. The first-order valence-corrected chi connectivity index (χ1v) is 12.2. The molecule has 192 valence electrons. The van der Waals surface area contributed by atoms with Gasteiger partial charge in [-0.25, -0.2) is 0 Å². The molecule has 4 rings (SSSR count). The summed E-state index contributed by atoms with van der Waals surface area (Å²) < 4.78 is 10.9. The van der Waals surface area contributed by atoms with Crippen molar-refractivity contribution in [3.05, 3.63) is 94.1 Å². The number of hydrogen-bond acceptors (Lipinski definition) is 5. The molecule has 1 aliphatic heterocycles. The van der Waals surface area contributed by atoms with E-state index in [0.717, 1.165) is 16.7 Å². The number of hydrogen-bond donors (Lipinski definition) is 1. The first-order chi connectivity index (χ1) is 17.5. The molecule has 6 heteroatoms. The highest BCUT2D eigenvalue weighted by Gasteiger charge is 2.47. The van der Waals surface area contributed by atoms with Crippen LogP contribution in [0, 0.1) is 13.8 Å². The van der Waals surface area contributed by atoms with E-state index in [1.54, 1.807) is 25.3 Å². The summed E-state index contributed by atoms with van der Waals surface area (Å²) in [4.78, 5) is 28.7.